The second-order valence-electron chi connectivity index (χ2n) is 6.76. The molecule has 0 aromatic rings. The topological polar surface area (TPSA) is 41.1 Å². The quantitative estimate of drug-likeness (QED) is 0.789. The van der Waals surface area contributed by atoms with Crippen LogP contribution in [0.4, 0.5) is 0 Å². The third-order valence-electron chi connectivity index (χ3n) is 4.72. The first kappa shape index (κ1) is 13.9. The van der Waals surface area contributed by atoms with E-state index in [4.69, 9.17) is 0 Å². The van der Waals surface area contributed by atoms with Gasteiger partial charge < -0.3 is 10.6 Å². The van der Waals surface area contributed by atoms with E-state index in [1.54, 1.807) is 0 Å². The van der Waals surface area contributed by atoms with Crippen molar-refractivity contribution in [2.45, 2.75) is 64.8 Å². The average Bonchev–Trinajstić information content (AvgIpc) is 3.14. The molecule has 1 atom stereocenters. The Bertz CT molecular complexity index is 296. The molecular weight excluding hydrogens is 224 g/mol. The van der Waals surface area contributed by atoms with Gasteiger partial charge in [0.05, 0.1) is 5.41 Å². The van der Waals surface area contributed by atoms with Crippen molar-refractivity contribution in [2.75, 3.05) is 13.1 Å². The Morgan fingerprint density at radius 2 is 2.17 bits per heavy atom. The van der Waals surface area contributed by atoms with Crippen molar-refractivity contribution < 1.29 is 4.79 Å². The van der Waals surface area contributed by atoms with Gasteiger partial charge in [-0.2, -0.15) is 0 Å². The van der Waals surface area contributed by atoms with Gasteiger partial charge in [-0.25, -0.2) is 0 Å². The summed E-state index contributed by atoms with van der Waals surface area (Å²) in [5, 5.41) is 6.75. The van der Waals surface area contributed by atoms with Gasteiger partial charge in [-0.05, 0) is 58.4 Å². The summed E-state index contributed by atoms with van der Waals surface area (Å²) in [5.74, 6) is 0.977. The molecule has 2 aliphatic rings. The van der Waals surface area contributed by atoms with Crippen LogP contribution in [-0.4, -0.2) is 24.5 Å². The number of piperidine rings is 1. The highest BCUT2D eigenvalue weighted by molar-refractivity contribution is 5.83. The third kappa shape index (κ3) is 2.87. The van der Waals surface area contributed by atoms with Crippen LogP contribution in [0.5, 0.6) is 0 Å². The van der Waals surface area contributed by atoms with Crippen LogP contribution in [0.3, 0.4) is 0 Å². The molecular formula is C15H28N2O. The Labute approximate surface area is 111 Å². The molecule has 1 saturated carbocycles. The fourth-order valence-electron chi connectivity index (χ4n) is 3.30. The van der Waals surface area contributed by atoms with Gasteiger partial charge >= 0.3 is 0 Å². The summed E-state index contributed by atoms with van der Waals surface area (Å²) in [5.41, 5.74) is -0.172. The summed E-state index contributed by atoms with van der Waals surface area (Å²) in [7, 11) is 0. The average molecular weight is 252 g/mol. The largest absolute Gasteiger partial charge is 0.350 e. The molecule has 1 heterocycles. The van der Waals surface area contributed by atoms with E-state index in [2.05, 4.69) is 31.4 Å². The number of hydrogen-bond donors (Lipinski definition) is 2. The lowest BCUT2D eigenvalue weighted by molar-refractivity contribution is -0.134. The Balaban J connectivity index is 2.03. The summed E-state index contributed by atoms with van der Waals surface area (Å²) in [6.45, 7) is 8.45. The van der Waals surface area contributed by atoms with Crippen molar-refractivity contribution in [3.63, 3.8) is 0 Å². The predicted octanol–water partition coefficient (Wildman–Crippen LogP) is 2.46. The highest BCUT2D eigenvalue weighted by Gasteiger charge is 2.44. The minimum atomic E-state index is -0.154. The van der Waals surface area contributed by atoms with Crippen molar-refractivity contribution in [3.05, 3.63) is 0 Å². The lowest BCUT2D eigenvalue weighted by Gasteiger charge is -2.39. The Morgan fingerprint density at radius 3 is 2.67 bits per heavy atom. The minimum Gasteiger partial charge on any atom is -0.350 e. The highest BCUT2D eigenvalue weighted by Crippen LogP contribution is 2.40. The maximum absolute atomic E-state index is 12.7. The molecule has 18 heavy (non-hydrogen) atoms. The van der Waals surface area contributed by atoms with Crippen LogP contribution in [0.25, 0.3) is 0 Å². The smallest absolute Gasteiger partial charge is 0.227 e. The van der Waals surface area contributed by atoms with Gasteiger partial charge in [0.15, 0.2) is 0 Å². The first-order valence-electron chi connectivity index (χ1n) is 7.53. The van der Waals surface area contributed by atoms with Gasteiger partial charge in [-0.1, -0.05) is 13.3 Å². The maximum atomic E-state index is 12.7. The van der Waals surface area contributed by atoms with Crippen molar-refractivity contribution >= 4 is 5.91 Å². The summed E-state index contributed by atoms with van der Waals surface area (Å²) in [4.78, 5) is 12.7. The van der Waals surface area contributed by atoms with Gasteiger partial charge in [0.25, 0.3) is 0 Å². The lowest BCUT2D eigenvalue weighted by Crippen LogP contribution is -2.56. The van der Waals surface area contributed by atoms with E-state index in [0.29, 0.717) is 5.92 Å². The molecule has 2 N–H and O–H groups in total. The number of carbonyl (C=O) groups is 1. The predicted molar refractivity (Wildman–Crippen MR) is 74.4 cm³/mol. The van der Waals surface area contributed by atoms with E-state index in [9.17, 15) is 4.79 Å². The molecule has 0 aromatic carbocycles. The van der Waals surface area contributed by atoms with Crippen molar-refractivity contribution in [1.29, 1.82) is 0 Å². The van der Waals surface area contributed by atoms with Gasteiger partial charge in [0.2, 0.25) is 5.91 Å². The van der Waals surface area contributed by atoms with Crippen LogP contribution in [0.1, 0.15) is 59.3 Å². The van der Waals surface area contributed by atoms with Gasteiger partial charge in [0.1, 0.15) is 0 Å². The van der Waals surface area contributed by atoms with Crippen molar-refractivity contribution in [1.82, 2.24) is 10.6 Å². The molecule has 3 heteroatoms. The van der Waals surface area contributed by atoms with Crippen LogP contribution in [0, 0.1) is 11.3 Å². The normalized spacial score (nSPS) is 29.1. The molecule has 1 aliphatic heterocycles. The molecule has 2 fully saturated rings. The fraction of sp³-hybridized carbons (Fsp3) is 0.933. The van der Waals surface area contributed by atoms with Gasteiger partial charge in [0, 0.05) is 12.1 Å². The molecule has 0 spiro atoms. The molecule has 1 aliphatic carbocycles. The van der Waals surface area contributed by atoms with Gasteiger partial charge in [-0.15, -0.1) is 0 Å². The number of nitrogens with one attached hydrogen (secondary N) is 2. The van der Waals surface area contributed by atoms with Crippen LogP contribution in [0.2, 0.25) is 0 Å². The summed E-state index contributed by atoms with van der Waals surface area (Å²) in [6.07, 6.45) is 6.79. The second kappa shape index (κ2) is 5.20. The van der Waals surface area contributed by atoms with E-state index < -0.39 is 0 Å². The molecule has 3 nitrogen and oxygen atoms in total. The molecule has 1 saturated heterocycles. The summed E-state index contributed by atoms with van der Waals surface area (Å²) < 4.78 is 0. The van der Waals surface area contributed by atoms with Crippen molar-refractivity contribution in [2.24, 2.45) is 11.3 Å². The van der Waals surface area contributed by atoms with Crippen molar-refractivity contribution in [3.8, 4) is 0 Å². The molecule has 2 rings (SSSR count). The Morgan fingerprint density at radius 1 is 1.44 bits per heavy atom. The zero-order valence-corrected chi connectivity index (χ0v) is 12.1. The first-order valence-corrected chi connectivity index (χ1v) is 7.53. The first-order chi connectivity index (χ1) is 8.50. The van der Waals surface area contributed by atoms with E-state index in [-0.39, 0.29) is 16.9 Å². The van der Waals surface area contributed by atoms with E-state index in [0.717, 1.165) is 38.8 Å². The van der Waals surface area contributed by atoms with Crippen LogP contribution in [-0.2, 0) is 4.79 Å². The molecule has 104 valence electrons. The number of amides is 1. The van der Waals surface area contributed by atoms with E-state index in [1.807, 2.05) is 0 Å². The molecule has 0 radical (unpaired) electrons. The number of carbonyl (C=O) groups excluding carboxylic acids is 1. The summed E-state index contributed by atoms with van der Waals surface area (Å²) >= 11 is 0. The van der Waals surface area contributed by atoms with Crippen LogP contribution in [0.15, 0.2) is 0 Å². The second-order valence-corrected chi connectivity index (χ2v) is 6.76. The standard InChI is InChI=1S/C15H28N2O/c1-4-8-15(9-5-10-16-11-15)13(18)17-14(2,3)12-6-7-12/h12,16H,4-11H2,1-3H3,(H,17,18). The van der Waals surface area contributed by atoms with Gasteiger partial charge in [-0.3, -0.25) is 4.79 Å². The third-order valence-corrected chi connectivity index (χ3v) is 4.72. The minimum absolute atomic E-state index is 0.0186. The number of rotatable bonds is 5. The zero-order chi connectivity index (χ0) is 13.2. The van der Waals surface area contributed by atoms with E-state index in [1.165, 1.54) is 12.8 Å². The number of hydrogen-bond acceptors (Lipinski definition) is 2. The molecule has 0 aromatic heterocycles. The lowest BCUT2D eigenvalue weighted by atomic mass is 9.75. The fourth-order valence-corrected chi connectivity index (χ4v) is 3.30. The SMILES string of the molecule is CCCC1(C(=O)NC(C)(C)C2CC2)CCCNC1. The molecule has 1 amide bonds. The Kier molecular flexibility index (Phi) is 4.00. The Hall–Kier alpha value is -0.570. The highest BCUT2D eigenvalue weighted by atomic mass is 16.2. The maximum Gasteiger partial charge on any atom is 0.227 e. The monoisotopic (exact) mass is 252 g/mol. The zero-order valence-electron chi connectivity index (χ0n) is 12.1. The van der Waals surface area contributed by atoms with Crippen LogP contribution >= 0.6 is 0 Å². The van der Waals surface area contributed by atoms with Crippen LogP contribution < -0.4 is 10.6 Å². The van der Waals surface area contributed by atoms with E-state index >= 15 is 0 Å². The molecule has 0 bridgehead atoms. The summed E-state index contributed by atoms with van der Waals surface area (Å²) in [6, 6.07) is 0. The molecule has 1 unspecified atom stereocenters.